The molecule has 0 aliphatic rings. The summed E-state index contributed by atoms with van der Waals surface area (Å²) in [6, 6.07) is 8.56. The molecule has 134 valence electrons. The summed E-state index contributed by atoms with van der Waals surface area (Å²) < 4.78 is 81.4. The lowest BCUT2D eigenvalue weighted by Crippen LogP contribution is -2.46. The third-order valence-corrected chi connectivity index (χ3v) is 3.48. The fourth-order valence-electron chi connectivity index (χ4n) is 2.26. The number of benzene rings is 2. The van der Waals surface area contributed by atoms with Crippen molar-refractivity contribution in [3.8, 4) is 0 Å². The minimum absolute atomic E-state index is 0.104. The molecular formula is C16H14BF6NO. The van der Waals surface area contributed by atoms with Gasteiger partial charge in [-0.05, 0) is 10.9 Å². The predicted octanol–water partition coefficient (Wildman–Crippen LogP) is 2.81. The molecule has 2 aromatic carbocycles. The Bertz CT molecular complexity index is 624. The third kappa shape index (κ3) is 4.99. The molecule has 0 aromatic heterocycles. The molecule has 0 bridgehead atoms. The Hall–Kier alpha value is -2.00. The summed E-state index contributed by atoms with van der Waals surface area (Å²) >= 11 is 0. The maximum atomic E-state index is 12.6. The number of nitrogens with two attached hydrogens (primary N) is 1. The predicted molar refractivity (Wildman–Crippen MR) is 82.9 cm³/mol. The van der Waals surface area contributed by atoms with E-state index in [-0.39, 0.29) is 13.2 Å². The number of rotatable bonds is 5. The zero-order valence-electron chi connectivity index (χ0n) is 12.9. The Morgan fingerprint density at radius 1 is 0.720 bits per heavy atom. The first-order valence-corrected chi connectivity index (χ1v) is 7.29. The van der Waals surface area contributed by atoms with Crippen molar-refractivity contribution in [1.82, 2.24) is 0 Å². The van der Waals surface area contributed by atoms with Gasteiger partial charge >= 0.3 is 19.3 Å². The van der Waals surface area contributed by atoms with Gasteiger partial charge in [-0.3, -0.25) is 0 Å². The highest BCUT2D eigenvalue weighted by molar-refractivity contribution is 6.80. The highest BCUT2D eigenvalue weighted by Gasteiger charge is 2.32. The average Bonchev–Trinajstić information content (AvgIpc) is 2.54. The van der Waals surface area contributed by atoms with Gasteiger partial charge in [-0.25, -0.2) is 0 Å². The summed E-state index contributed by atoms with van der Waals surface area (Å²) in [4.78, 5) is 0. The van der Waals surface area contributed by atoms with Crippen LogP contribution in [0, 0.1) is 0 Å². The lowest BCUT2D eigenvalue weighted by molar-refractivity contribution is -0.138. The van der Waals surface area contributed by atoms with E-state index in [9.17, 15) is 26.3 Å². The number of halogens is 6. The SMILES string of the molecule is NCCOB(c1ccc(C(F)(F)F)cc1)c1ccc(C(F)(F)F)cc1. The summed E-state index contributed by atoms with van der Waals surface area (Å²) in [5, 5.41) is 0. The monoisotopic (exact) mass is 361 g/mol. The zero-order chi connectivity index (χ0) is 18.7. The largest absolute Gasteiger partial charge is 0.426 e. The summed E-state index contributed by atoms with van der Waals surface area (Å²) in [6.07, 6.45) is -8.94. The molecule has 2 rings (SSSR count). The second kappa shape index (κ2) is 7.49. The van der Waals surface area contributed by atoms with Gasteiger partial charge in [0.25, 0.3) is 0 Å². The van der Waals surface area contributed by atoms with Gasteiger partial charge in [0.2, 0.25) is 0 Å². The van der Waals surface area contributed by atoms with E-state index in [1.54, 1.807) is 0 Å². The standard InChI is InChI=1S/C16H14BF6NO/c18-15(19,20)11-1-5-13(6-2-11)17(25-10-9-24)14-7-3-12(4-8-14)16(21,22)23/h1-8H,9-10,24H2. The van der Waals surface area contributed by atoms with Gasteiger partial charge in [0, 0.05) is 13.2 Å². The van der Waals surface area contributed by atoms with Gasteiger partial charge < -0.3 is 10.4 Å². The third-order valence-electron chi connectivity index (χ3n) is 3.48. The quantitative estimate of drug-likeness (QED) is 0.657. The van der Waals surface area contributed by atoms with Gasteiger partial charge in [0.05, 0.1) is 11.1 Å². The zero-order valence-corrected chi connectivity index (χ0v) is 12.9. The lowest BCUT2D eigenvalue weighted by Gasteiger charge is -2.16. The fourth-order valence-corrected chi connectivity index (χ4v) is 2.26. The van der Waals surface area contributed by atoms with E-state index in [2.05, 4.69) is 0 Å². The lowest BCUT2D eigenvalue weighted by atomic mass is 9.55. The van der Waals surface area contributed by atoms with Crippen LogP contribution in [0.3, 0.4) is 0 Å². The van der Waals surface area contributed by atoms with E-state index >= 15 is 0 Å². The molecule has 0 aliphatic carbocycles. The molecule has 2 nitrogen and oxygen atoms in total. The van der Waals surface area contributed by atoms with Crippen LogP contribution in [0.4, 0.5) is 26.3 Å². The summed E-state index contributed by atoms with van der Waals surface area (Å²) in [5.74, 6) is 0. The van der Waals surface area contributed by atoms with Crippen molar-refractivity contribution in [2.24, 2.45) is 5.73 Å². The van der Waals surface area contributed by atoms with E-state index in [0.717, 1.165) is 24.3 Å². The molecule has 0 spiro atoms. The maximum absolute atomic E-state index is 12.6. The van der Waals surface area contributed by atoms with Crippen molar-refractivity contribution < 1.29 is 31.0 Å². The van der Waals surface area contributed by atoms with Crippen molar-refractivity contribution in [3.63, 3.8) is 0 Å². The van der Waals surface area contributed by atoms with Crippen molar-refractivity contribution in [1.29, 1.82) is 0 Å². The molecule has 0 heterocycles. The smallest absolute Gasteiger partial charge is 0.416 e. The van der Waals surface area contributed by atoms with Crippen LogP contribution in [-0.2, 0) is 17.0 Å². The van der Waals surface area contributed by atoms with Gasteiger partial charge in [-0.2, -0.15) is 26.3 Å². The Morgan fingerprint density at radius 2 is 1.08 bits per heavy atom. The topological polar surface area (TPSA) is 35.2 Å². The molecule has 0 aliphatic heterocycles. The van der Waals surface area contributed by atoms with Crippen molar-refractivity contribution in [3.05, 3.63) is 59.7 Å². The number of alkyl halides is 6. The number of hydrogen-bond acceptors (Lipinski definition) is 2. The van der Waals surface area contributed by atoms with Crippen LogP contribution < -0.4 is 16.7 Å². The molecule has 0 unspecified atom stereocenters. The highest BCUT2D eigenvalue weighted by atomic mass is 19.4. The molecule has 2 N–H and O–H groups in total. The Balaban J connectivity index is 2.32. The second-order valence-corrected chi connectivity index (χ2v) is 5.28. The average molecular weight is 361 g/mol. The minimum atomic E-state index is -4.47. The van der Waals surface area contributed by atoms with Gasteiger partial charge in [-0.1, -0.05) is 48.5 Å². The van der Waals surface area contributed by atoms with Crippen LogP contribution in [0.2, 0.25) is 0 Å². The Morgan fingerprint density at radius 3 is 1.36 bits per heavy atom. The molecule has 0 fully saturated rings. The van der Waals surface area contributed by atoms with E-state index in [4.69, 9.17) is 10.4 Å². The minimum Gasteiger partial charge on any atom is -0.426 e. The molecule has 9 heteroatoms. The Labute approximate surface area is 140 Å². The summed E-state index contributed by atoms with van der Waals surface area (Å²) in [5.41, 5.74) is 4.52. The highest BCUT2D eigenvalue weighted by Crippen LogP contribution is 2.29. The second-order valence-electron chi connectivity index (χ2n) is 5.28. The van der Waals surface area contributed by atoms with Crippen molar-refractivity contribution in [2.45, 2.75) is 12.4 Å². The van der Waals surface area contributed by atoms with Crippen LogP contribution >= 0.6 is 0 Å². The van der Waals surface area contributed by atoms with E-state index in [0.29, 0.717) is 10.9 Å². The molecule has 0 radical (unpaired) electrons. The summed E-state index contributed by atoms with van der Waals surface area (Å²) in [6.45, 7) is -0.544. The normalized spacial score (nSPS) is 12.3. The van der Waals surface area contributed by atoms with Crippen LogP contribution in [-0.4, -0.2) is 20.1 Å². The van der Waals surface area contributed by atoms with Crippen LogP contribution in [0.25, 0.3) is 0 Å². The molecular weight excluding hydrogens is 347 g/mol. The van der Waals surface area contributed by atoms with E-state index in [1.807, 2.05) is 0 Å². The van der Waals surface area contributed by atoms with Crippen LogP contribution in [0.1, 0.15) is 11.1 Å². The maximum Gasteiger partial charge on any atom is 0.416 e. The van der Waals surface area contributed by atoms with Gasteiger partial charge in [0.15, 0.2) is 0 Å². The Kier molecular flexibility index (Phi) is 5.79. The van der Waals surface area contributed by atoms with E-state index < -0.39 is 30.4 Å². The molecule has 0 saturated heterocycles. The first kappa shape index (κ1) is 19.3. The number of hydrogen-bond donors (Lipinski definition) is 1. The van der Waals surface area contributed by atoms with Gasteiger partial charge in [0.1, 0.15) is 0 Å². The summed E-state index contributed by atoms with van der Waals surface area (Å²) in [7, 11) is 0. The van der Waals surface area contributed by atoms with Crippen LogP contribution in [0.15, 0.2) is 48.5 Å². The van der Waals surface area contributed by atoms with Crippen LogP contribution in [0.5, 0.6) is 0 Å². The molecule has 0 saturated carbocycles. The van der Waals surface area contributed by atoms with Crippen molar-refractivity contribution >= 4 is 17.8 Å². The first-order valence-electron chi connectivity index (χ1n) is 7.29. The van der Waals surface area contributed by atoms with Gasteiger partial charge in [-0.15, -0.1) is 0 Å². The van der Waals surface area contributed by atoms with E-state index in [1.165, 1.54) is 24.3 Å². The molecule has 25 heavy (non-hydrogen) atoms. The molecule has 0 amide bonds. The fraction of sp³-hybridized carbons (Fsp3) is 0.250. The molecule has 0 atom stereocenters. The first-order chi connectivity index (χ1) is 11.6. The molecule has 2 aromatic rings. The van der Waals surface area contributed by atoms with Crippen molar-refractivity contribution in [2.75, 3.05) is 13.2 Å².